The molecule has 2 N–H and O–H groups in total. The summed E-state index contributed by atoms with van der Waals surface area (Å²) in [5.74, 6) is -4.45. The molecule has 0 aliphatic heterocycles. The van der Waals surface area contributed by atoms with Crippen molar-refractivity contribution < 1.29 is 36.3 Å². The third kappa shape index (κ3) is 5.89. The van der Waals surface area contributed by atoms with E-state index in [1.54, 1.807) is 0 Å². The molecular weight excluding hydrogens is 509 g/mol. The number of anilines is 1. The molecule has 0 saturated carbocycles. The smallest absolute Gasteiger partial charge is 0.273 e. The summed E-state index contributed by atoms with van der Waals surface area (Å²) in [6.45, 7) is 1.43. The van der Waals surface area contributed by atoms with Crippen LogP contribution in [-0.4, -0.2) is 36.1 Å². The molecule has 8 nitrogen and oxygen atoms in total. The van der Waals surface area contributed by atoms with Gasteiger partial charge in [0.15, 0.2) is 5.13 Å². The number of amides is 4. The molecule has 14 heteroatoms. The van der Waals surface area contributed by atoms with Crippen LogP contribution in [0.2, 0.25) is 0 Å². The van der Waals surface area contributed by atoms with E-state index in [0.29, 0.717) is 11.3 Å². The predicted octanol–water partition coefficient (Wildman–Crippen LogP) is 4.50. The van der Waals surface area contributed by atoms with E-state index in [-0.39, 0.29) is 21.3 Å². The number of aromatic nitrogens is 1. The Labute approximate surface area is 204 Å². The average molecular weight is 525 g/mol. The molecular formula is C22H16F5N5O3S. The van der Waals surface area contributed by atoms with Crippen LogP contribution >= 0.6 is 11.3 Å². The number of alkyl halides is 3. The van der Waals surface area contributed by atoms with Crippen molar-refractivity contribution in [2.75, 3.05) is 11.9 Å². The van der Waals surface area contributed by atoms with Crippen LogP contribution in [0.4, 0.5) is 31.9 Å². The highest BCUT2D eigenvalue weighted by Crippen LogP contribution is 2.31. The van der Waals surface area contributed by atoms with Gasteiger partial charge in [0.1, 0.15) is 22.1 Å². The number of rotatable bonds is 5. The van der Waals surface area contributed by atoms with Gasteiger partial charge in [-0.25, -0.2) is 24.0 Å². The van der Waals surface area contributed by atoms with Crippen molar-refractivity contribution >= 4 is 40.5 Å². The van der Waals surface area contributed by atoms with E-state index in [9.17, 15) is 36.3 Å². The lowest BCUT2D eigenvalue weighted by Crippen LogP contribution is -2.41. The summed E-state index contributed by atoms with van der Waals surface area (Å²) in [5, 5.41) is 5.33. The first-order valence-corrected chi connectivity index (χ1v) is 10.7. The first-order chi connectivity index (χ1) is 16.9. The van der Waals surface area contributed by atoms with Crippen molar-refractivity contribution in [2.24, 2.45) is 5.10 Å². The Kier molecular flexibility index (Phi) is 7.77. The predicted molar refractivity (Wildman–Crippen MR) is 121 cm³/mol. The van der Waals surface area contributed by atoms with E-state index in [4.69, 9.17) is 0 Å². The Balaban J connectivity index is 1.70. The molecule has 0 aliphatic rings. The minimum Gasteiger partial charge on any atom is -0.273 e. The number of imide groups is 1. The fraction of sp³-hybridized carbons (Fsp3) is 0.136. The molecule has 0 fully saturated rings. The standard InChI is InChI=1S/C22H16F5N5O3S/c1-11-17(19(34)31-28-10-12-6-3-4-7-13(12)22(25,26)27)36-21(29-11)32(2)20(35)30-18(33)16-14(23)8-5-9-15(16)24/h3-10H,1-2H3,(H,31,34)(H,30,33,35). The van der Waals surface area contributed by atoms with Gasteiger partial charge >= 0.3 is 12.2 Å². The number of benzene rings is 2. The number of hydrogen-bond acceptors (Lipinski definition) is 6. The molecule has 0 unspecified atom stereocenters. The van der Waals surface area contributed by atoms with Crippen LogP contribution < -0.4 is 15.6 Å². The Morgan fingerprint density at radius 2 is 1.67 bits per heavy atom. The molecule has 0 saturated heterocycles. The second-order valence-electron chi connectivity index (χ2n) is 7.11. The van der Waals surface area contributed by atoms with Crippen molar-refractivity contribution in [3.8, 4) is 0 Å². The third-order valence-corrected chi connectivity index (χ3v) is 5.86. The first kappa shape index (κ1) is 26.4. The molecule has 2 aromatic carbocycles. The van der Waals surface area contributed by atoms with Gasteiger partial charge in [-0.05, 0) is 25.1 Å². The van der Waals surface area contributed by atoms with Gasteiger partial charge in [0.2, 0.25) is 0 Å². The van der Waals surface area contributed by atoms with E-state index in [0.717, 1.165) is 35.4 Å². The second kappa shape index (κ2) is 10.6. The number of hydrazone groups is 1. The minimum atomic E-state index is -4.61. The van der Waals surface area contributed by atoms with Gasteiger partial charge in [-0.1, -0.05) is 35.6 Å². The van der Waals surface area contributed by atoms with Crippen molar-refractivity contribution in [1.29, 1.82) is 0 Å². The fourth-order valence-corrected chi connectivity index (χ4v) is 3.78. The van der Waals surface area contributed by atoms with E-state index in [1.165, 1.54) is 32.2 Å². The van der Waals surface area contributed by atoms with Gasteiger partial charge in [-0.15, -0.1) is 0 Å². The summed E-state index contributed by atoms with van der Waals surface area (Å²) < 4.78 is 66.7. The van der Waals surface area contributed by atoms with Gasteiger partial charge < -0.3 is 0 Å². The van der Waals surface area contributed by atoms with Crippen molar-refractivity contribution in [3.63, 3.8) is 0 Å². The highest BCUT2D eigenvalue weighted by atomic mass is 32.1. The molecule has 3 rings (SSSR count). The Bertz CT molecular complexity index is 1340. The zero-order valence-electron chi connectivity index (χ0n) is 18.5. The summed E-state index contributed by atoms with van der Waals surface area (Å²) in [4.78, 5) is 41.8. The highest BCUT2D eigenvalue weighted by Gasteiger charge is 2.32. The summed E-state index contributed by atoms with van der Waals surface area (Å²) in [7, 11) is 1.20. The molecule has 4 amide bonds. The minimum absolute atomic E-state index is 0.0163. The maximum absolute atomic E-state index is 13.8. The largest absolute Gasteiger partial charge is 0.417 e. The first-order valence-electron chi connectivity index (χ1n) is 9.90. The van der Waals surface area contributed by atoms with E-state index in [1.807, 2.05) is 5.32 Å². The van der Waals surface area contributed by atoms with Gasteiger partial charge in [0, 0.05) is 12.6 Å². The monoisotopic (exact) mass is 525 g/mol. The van der Waals surface area contributed by atoms with Crippen LogP contribution in [0.25, 0.3) is 0 Å². The number of carbonyl (C=O) groups excluding carboxylic acids is 3. The molecule has 0 spiro atoms. The molecule has 0 radical (unpaired) electrons. The number of nitrogens with zero attached hydrogens (tertiary/aromatic N) is 3. The summed E-state index contributed by atoms with van der Waals surface area (Å²) in [5.41, 5.74) is 0.106. The summed E-state index contributed by atoms with van der Waals surface area (Å²) in [6.07, 6.45) is -3.77. The van der Waals surface area contributed by atoms with Gasteiger partial charge in [0.05, 0.1) is 17.5 Å². The van der Waals surface area contributed by atoms with Crippen LogP contribution in [0.15, 0.2) is 47.6 Å². The third-order valence-electron chi connectivity index (χ3n) is 4.63. The van der Waals surface area contributed by atoms with Crippen molar-refractivity contribution in [1.82, 2.24) is 15.7 Å². The molecule has 3 aromatic rings. The number of urea groups is 1. The normalized spacial score (nSPS) is 11.4. The SMILES string of the molecule is Cc1nc(N(C)C(=O)NC(=O)c2c(F)cccc2F)sc1C(=O)NN=Cc1ccccc1C(F)(F)F. The lowest BCUT2D eigenvalue weighted by molar-refractivity contribution is -0.137. The highest BCUT2D eigenvalue weighted by molar-refractivity contribution is 7.17. The summed E-state index contributed by atoms with van der Waals surface area (Å²) >= 11 is 0.715. The second-order valence-corrected chi connectivity index (χ2v) is 8.09. The maximum Gasteiger partial charge on any atom is 0.417 e. The average Bonchev–Trinajstić information content (AvgIpc) is 3.19. The lowest BCUT2D eigenvalue weighted by atomic mass is 10.1. The Hall–Kier alpha value is -4.20. The number of aryl methyl sites for hydroxylation is 1. The summed E-state index contributed by atoms with van der Waals surface area (Å²) in [6, 6.07) is 6.32. The molecule has 1 heterocycles. The maximum atomic E-state index is 13.8. The molecule has 0 atom stereocenters. The zero-order chi connectivity index (χ0) is 26.6. The van der Waals surface area contributed by atoms with E-state index < -0.39 is 46.8 Å². The van der Waals surface area contributed by atoms with Crippen LogP contribution in [0, 0.1) is 18.6 Å². The number of carbonyl (C=O) groups is 3. The van der Waals surface area contributed by atoms with E-state index >= 15 is 0 Å². The number of hydrogen-bond donors (Lipinski definition) is 2. The van der Waals surface area contributed by atoms with Crippen molar-refractivity contribution in [2.45, 2.75) is 13.1 Å². The van der Waals surface area contributed by atoms with Crippen LogP contribution in [-0.2, 0) is 6.18 Å². The molecule has 1 aromatic heterocycles. The molecule has 0 aliphatic carbocycles. The Morgan fingerprint density at radius 3 is 2.31 bits per heavy atom. The fourth-order valence-electron chi connectivity index (χ4n) is 2.86. The molecule has 36 heavy (non-hydrogen) atoms. The topological polar surface area (TPSA) is 104 Å². The van der Waals surface area contributed by atoms with Crippen molar-refractivity contribution in [3.05, 3.63) is 81.4 Å². The molecule has 0 bridgehead atoms. The van der Waals surface area contributed by atoms with Gasteiger partial charge in [0.25, 0.3) is 11.8 Å². The zero-order valence-corrected chi connectivity index (χ0v) is 19.3. The lowest BCUT2D eigenvalue weighted by Gasteiger charge is -2.14. The number of halogens is 5. The number of nitrogens with one attached hydrogen (secondary N) is 2. The van der Waals surface area contributed by atoms with Gasteiger partial charge in [-0.3, -0.25) is 19.8 Å². The van der Waals surface area contributed by atoms with Gasteiger partial charge in [-0.2, -0.15) is 18.3 Å². The van der Waals surface area contributed by atoms with E-state index in [2.05, 4.69) is 15.5 Å². The Morgan fingerprint density at radius 1 is 1.03 bits per heavy atom. The van der Waals surface area contributed by atoms with Crippen LogP contribution in [0.5, 0.6) is 0 Å². The quantitative estimate of drug-likeness (QED) is 0.291. The number of thiazole rings is 1. The van der Waals surface area contributed by atoms with Crippen LogP contribution in [0.3, 0.4) is 0 Å². The van der Waals surface area contributed by atoms with Crippen LogP contribution in [0.1, 0.15) is 36.9 Å². The molecule has 188 valence electrons.